The Morgan fingerprint density at radius 1 is 0.825 bits per heavy atom. The predicted octanol–water partition coefficient (Wildman–Crippen LogP) is 7.50. The van der Waals surface area contributed by atoms with Gasteiger partial charge in [0, 0.05) is 12.8 Å². The lowest BCUT2D eigenvalue weighted by molar-refractivity contribution is -0.870. The summed E-state index contributed by atoms with van der Waals surface area (Å²) in [6, 6.07) is 7.86. The van der Waals surface area contributed by atoms with Crippen LogP contribution < -0.4 is 9.63 Å². The van der Waals surface area contributed by atoms with Crippen LogP contribution in [0.15, 0.2) is 24.3 Å². The standard InChI is InChI=1S/C32H58NO6P/c1-6-8-9-10-11-12-13-14-15-17-24-37-32-21-19-29(20-22-32)26-30(27-31(34)7-2)28-39-40(35,36)38-25-18-16-23-33(3,4)5/h19-22,30H,6-18,23-28H2,1-5H3. The fourth-order valence-corrected chi connectivity index (χ4v) is 5.41. The number of quaternary nitrogens is 1. The highest BCUT2D eigenvalue weighted by Crippen LogP contribution is 2.39. The third-order valence-electron chi connectivity index (χ3n) is 7.07. The van der Waals surface area contributed by atoms with Gasteiger partial charge in [-0.05, 0) is 49.3 Å². The quantitative estimate of drug-likeness (QED) is 0.0638. The van der Waals surface area contributed by atoms with Crippen molar-refractivity contribution >= 4 is 13.6 Å². The van der Waals surface area contributed by atoms with Crippen LogP contribution in [0.3, 0.4) is 0 Å². The summed E-state index contributed by atoms with van der Waals surface area (Å²) in [5.74, 6) is 0.682. The van der Waals surface area contributed by atoms with E-state index in [4.69, 9.17) is 13.8 Å². The Labute approximate surface area is 245 Å². The van der Waals surface area contributed by atoms with Gasteiger partial charge in [-0.15, -0.1) is 0 Å². The molecule has 0 bridgehead atoms. The van der Waals surface area contributed by atoms with Crippen LogP contribution in [-0.4, -0.2) is 57.8 Å². The van der Waals surface area contributed by atoms with Crippen molar-refractivity contribution in [2.45, 2.75) is 110 Å². The van der Waals surface area contributed by atoms with Gasteiger partial charge in [0.1, 0.15) is 11.5 Å². The molecule has 2 atom stereocenters. The van der Waals surface area contributed by atoms with Crippen LogP contribution in [0.25, 0.3) is 0 Å². The van der Waals surface area contributed by atoms with E-state index in [1.54, 1.807) is 0 Å². The van der Waals surface area contributed by atoms with Crippen LogP contribution >= 0.6 is 7.82 Å². The number of rotatable bonds is 26. The molecule has 0 aliphatic carbocycles. The second-order valence-corrected chi connectivity index (χ2v) is 13.5. The Morgan fingerprint density at radius 2 is 1.40 bits per heavy atom. The monoisotopic (exact) mass is 583 g/mol. The minimum absolute atomic E-state index is 0.0671. The van der Waals surface area contributed by atoms with E-state index in [-0.39, 0.29) is 31.3 Å². The Balaban J connectivity index is 2.38. The first-order chi connectivity index (χ1) is 19.0. The number of nitrogens with zero attached hydrogens (tertiary/aromatic N) is 1. The Hall–Kier alpha value is -1.24. The van der Waals surface area contributed by atoms with E-state index in [1.807, 2.05) is 31.2 Å². The van der Waals surface area contributed by atoms with Crippen molar-refractivity contribution in [3.8, 4) is 5.75 Å². The fraction of sp³-hybridized carbons (Fsp3) is 0.781. The maximum absolute atomic E-state index is 12.3. The summed E-state index contributed by atoms with van der Waals surface area (Å²) < 4.78 is 29.3. The first kappa shape index (κ1) is 36.8. The molecule has 0 heterocycles. The summed E-state index contributed by atoms with van der Waals surface area (Å²) >= 11 is 0. The number of phosphoric acid groups is 1. The van der Waals surface area contributed by atoms with E-state index in [0.29, 0.717) is 25.9 Å². The van der Waals surface area contributed by atoms with Crippen LogP contribution in [0, 0.1) is 5.92 Å². The summed E-state index contributed by atoms with van der Waals surface area (Å²) in [6.07, 6.45) is 15.7. The lowest BCUT2D eigenvalue weighted by Crippen LogP contribution is -2.35. The van der Waals surface area contributed by atoms with E-state index in [1.165, 1.54) is 57.8 Å². The lowest BCUT2D eigenvalue weighted by atomic mass is 9.94. The summed E-state index contributed by atoms with van der Waals surface area (Å²) in [6.45, 7) is 5.77. The van der Waals surface area contributed by atoms with Gasteiger partial charge >= 0.3 is 0 Å². The van der Waals surface area contributed by atoms with Crippen molar-refractivity contribution in [2.24, 2.45) is 5.92 Å². The highest BCUT2D eigenvalue weighted by atomic mass is 31.2. The van der Waals surface area contributed by atoms with Crippen molar-refractivity contribution in [1.82, 2.24) is 0 Å². The molecule has 40 heavy (non-hydrogen) atoms. The zero-order valence-corrected chi connectivity index (χ0v) is 27.1. The van der Waals surface area contributed by atoms with E-state index < -0.39 is 7.82 Å². The van der Waals surface area contributed by atoms with Gasteiger partial charge in [0.05, 0.1) is 47.5 Å². The van der Waals surface area contributed by atoms with Crippen LogP contribution in [0.1, 0.15) is 109 Å². The smallest absolute Gasteiger partial charge is 0.267 e. The third kappa shape index (κ3) is 20.6. The molecule has 0 aromatic heterocycles. The van der Waals surface area contributed by atoms with Crippen LogP contribution in [-0.2, 0) is 24.8 Å². The van der Waals surface area contributed by atoms with E-state index in [9.17, 15) is 14.3 Å². The number of ether oxygens (including phenoxy) is 1. The van der Waals surface area contributed by atoms with Gasteiger partial charge < -0.3 is 23.2 Å². The Kier molecular flexibility index (Phi) is 19.7. The largest absolute Gasteiger partial charge is 0.756 e. The molecule has 0 N–H and O–H groups in total. The maximum Gasteiger partial charge on any atom is 0.267 e. The topological polar surface area (TPSA) is 84.9 Å². The molecule has 0 aliphatic rings. The summed E-state index contributed by atoms with van der Waals surface area (Å²) in [5, 5.41) is 0. The van der Waals surface area contributed by atoms with Gasteiger partial charge in [-0.25, -0.2) is 0 Å². The fourth-order valence-electron chi connectivity index (χ4n) is 4.59. The van der Waals surface area contributed by atoms with E-state index in [2.05, 4.69) is 28.1 Å². The zero-order valence-electron chi connectivity index (χ0n) is 26.2. The second-order valence-electron chi connectivity index (χ2n) is 12.1. The van der Waals surface area contributed by atoms with Crippen molar-refractivity contribution in [3.63, 3.8) is 0 Å². The van der Waals surface area contributed by atoms with Crippen molar-refractivity contribution < 1.29 is 32.5 Å². The number of ketones is 1. The molecule has 0 aliphatic heterocycles. The minimum atomic E-state index is -4.41. The van der Waals surface area contributed by atoms with Crippen molar-refractivity contribution in [3.05, 3.63) is 29.8 Å². The van der Waals surface area contributed by atoms with Gasteiger partial charge in [-0.3, -0.25) is 9.36 Å². The van der Waals surface area contributed by atoms with Crippen LogP contribution in [0.5, 0.6) is 5.75 Å². The number of unbranched alkanes of at least 4 members (excludes halogenated alkanes) is 10. The molecule has 0 radical (unpaired) electrons. The second kappa shape index (κ2) is 21.5. The van der Waals surface area contributed by atoms with Gasteiger partial charge in [-0.2, -0.15) is 0 Å². The number of carbonyl (C=O) groups excluding carboxylic acids is 1. The average molecular weight is 584 g/mol. The predicted molar refractivity (Wildman–Crippen MR) is 163 cm³/mol. The molecule has 2 unspecified atom stereocenters. The number of carbonyl (C=O) groups is 1. The number of hydrogen-bond donors (Lipinski definition) is 0. The molecular weight excluding hydrogens is 525 g/mol. The summed E-state index contributed by atoms with van der Waals surface area (Å²) in [5.41, 5.74) is 1.02. The molecular formula is C32H58NO6P. The molecule has 1 rings (SSSR count). The first-order valence-electron chi connectivity index (χ1n) is 15.7. The van der Waals surface area contributed by atoms with E-state index in [0.717, 1.165) is 35.2 Å². The minimum Gasteiger partial charge on any atom is -0.756 e. The SMILES string of the molecule is CCCCCCCCCCCCOc1ccc(CC(COP(=O)([O-])OCCCC[N+](C)(C)C)CC(=O)CC)cc1. The zero-order chi connectivity index (χ0) is 29.7. The highest BCUT2D eigenvalue weighted by molar-refractivity contribution is 7.45. The summed E-state index contributed by atoms with van der Waals surface area (Å²) in [7, 11) is 1.88. The molecule has 232 valence electrons. The first-order valence-corrected chi connectivity index (χ1v) is 17.1. The lowest BCUT2D eigenvalue weighted by Gasteiger charge is -2.26. The van der Waals surface area contributed by atoms with Crippen molar-refractivity contribution in [1.29, 1.82) is 0 Å². The molecule has 0 amide bonds. The highest BCUT2D eigenvalue weighted by Gasteiger charge is 2.19. The van der Waals surface area contributed by atoms with Crippen LogP contribution in [0.4, 0.5) is 0 Å². The molecule has 1 aromatic carbocycles. The Bertz CT molecular complexity index is 824. The number of phosphoric ester groups is 1. The number of Topliss-reactive ketones (excluding diaryl/α,β-unsaturated/α-hetero) is 1. The van der Waals surface area contributed by atoms with Crippen molar-refractivity contribution in [2.75, 3.05) is 47.5 Å². The molecule has 0 saturated carbocycles. The summed E-state index contributed by atoms with van der Waals surface area (Å²) in [4.78, 5) is 24.4. The van der Waals surface area contributed by atoms with Crippen LogP contribution in [0.2, 0.25) is 0 Å². The van der Waals surface area contributed by atoms with Gasteiger partial charge in [0.15, 0.2) is 0 Å². The van der Waals surface area contributed by atoms with Gasteiger partial charge in [-0.1, -0.05) is 83.8 Å². The van der Waals surface area contributed by atoms with Gasteiger partial charge in [0.2, 0.25) is 0 Å². The number of benzene rings is 1. The van der Waals surface area contributed by atoms with Gasteiger partial charge in [0.25, 0.3) is 7.82 Å². The Morgan fingerprint density at radius 3 is 1.98 bits per heavy atom. The molecule has 7 nitrogen and oxygen atoms in total. The normalized spacial score (nSPS) is 14.2. The molecule has 8 heteroatoms. The molecule has 0 saturated heterocycles. The third-order valence-corrected chi connectivity index (χ3v) is 8.03. The molecule has 0 fully saturated rings. The average Bonchev–Trinajstić information content (AvgIpc) is 2.90. The maximum atomic E-state index is 12.3. The molecule has 0 spiro atoms. The van der Waals surface area contributed by atoms with E-state index >= 15 is 0 Å². The molecule has 1 aromatic rings. The number of hydrogen-bond acceptors (Lipinski definition) is 6.